The van der Waals surface area contributed by atoms with Crippen LogP contribution in [0.3, 0.4) is 0 Å². The van der Waals surface area contributed by atoms with Gasteiger partial charge in [0.05, 0.1) is 5.41 Å². The maximum atomic E-state index is 11.1. The fourth-order valence-corrected chi connectivity index (χ4v) is 1.32. The third-order valence-corrected chi connectivity index (χ3v) is 2.47. The molecule has 0 spiro atoms. The van der Waals surface area contributed by atoms with Gasteiger partial charge < -0.3 is 11.5 Å². The van der Waals surface area contributed by atoms with E-state index in [1.165, 1.54) is 0 Å². The first-order valence-corrected chi connectivity index (χ1v) is 3.90. The normalized spacial score (nSPS) is 34.6. The Bertz CT molecular complexity index is 268. The SMILES string of the molecule is CC1=CC=CC(C)(C(N)=O)C1N. The van der Waals surface area contributed by atoms with Gasteiger partial charge in [-0.05, 0) is 13.8 Å². The number of rotatable bonds is 1. The van der Waals surface area contributed by atoms with Gasteiger partial charge in [0.2, 0.25) is 5.91 Å². The van der Waals surface area contributed by atoms with Crippen LogP contribution < -0.4 is 11.5 Å². The zero-order chi connectivity index (χ0) is 9.35. The Balaban J connectivity index is 3.03. The van der Waals surface area contributed by atoms with Crippen molar-refractivity contribution in [3.8, 4) is 0 Å². The summed E-state index contributed by atoms with van der Waals surface area (Å²) in [5.74, 6) is -0.376. The number of amides is 1. The molecule has 1 amide bonds. The van der Waals surface area contributed by atoms with Crippen LogP contribution in [0.5, 0.6) is 0 Å². The highest BCUT2D eigenvalue weighted by Crippen LogP contribution is 2.29. The number of primary amides is 1. The smallest absolute Gasteiger partial charge is 0.229 e. The standard InChI is InChI=1S/C9H14N2O/c1-6-4-3-5-9(2,7(6)10)8(11)12/h3-5,7H,10H2,1-2H3,(H2,11,12). The van der Waals surface area contributed by atoms with E-state index in [1.807, 2.05) is 19.1 Å². The average molecular weight is 166 g/mol. The van der Waals surface area contributed by atoms with E-state index in [0.29, 0.717) is 0 Å². The number of hydrogen-bond donors (Lipinski definition) is 2. The van der Waals surface area contributed by atoms with E-state index in [-0.39, 0.29) is 11.9 Å². The molecule has 0 radical (unpaired) electrons. The van der Waals surface area contributed by atoms with Crippen LogP contribution in [-0.4, -0.2) is 11.9 Å². The molecule has 0 aromatic carbocycles. The maximum Gasteiger partial charge on any atom is 0.229 e. The molecule has 0 aromatic rings. The van der Waals surface area contributed by atoms with Gasteiger partial charge in [0.25, 0.3) is 0 Å². The molecule has 2 atom stereocenters. The molecule has 0 bridgehead atoms. The molecule has 0 fully saturated rings. The first-order chi connectivity index (χ1) is 5.48. The van der Waals surface area contributed by atoms with Gasteiger partial charge in [-0.1, -0.05) is 23.8 Å². The largest absolute Gasteiger partial charge is 0.369 e. The second-order valence-electron chi connectivity index (χ2n) is 3.39. The summed E-state index contributed by atoms with van der Waals surface area (Å²) in [6, 6.07) is -0.292. The van der Waals surface area contributed by atoms with Crippen LogP contribution >= 0.6 is 0 Å². The molecule has 1 rings (SSSR count). The van der Waals surface area contributed by atoms with Crippen molar-refractivity contribution in [3.63, 3.8) is 0 Å². The highest BCUT2D eigenvalue weighted by atomic mass is 16.1. The van der Waals surface area contributed by atoms with Crippen LogP contribution in [0.4, 0.5) is 0 Å². The number of allylic oxidation sites excluding steroid dienone is 2. The molecule has 2 unspecified atom stereocenters. The fourth-order valence-electron chi connectivity index (χ4n) is 1.32. The van der Waals surface area contributed by atoms with E-state index in [1.54, 1.807) is 13.0 Å². The fraction of sp³-hybridized carbons (Fsp3) is 0.444. The van der Waals surface area contributed by atoms with Crippen molar-refractivity contribution in [1.82, 2.24) is 0 Å². The summed E-state index contributed by atoms with van der Waals surface area (Å²) in [4.78, 5) is 11.1. The summed E-state index contributed by atoms with van der Waals surface area (Å²) in [6.07, 6.45) is 5.48. The summed E-state index contributed by atoms with van der Waals surface area (Å²) in [5.41, 5.74) is 11.4. The minimum atomic E-state index is -0.723. The van der Waals surface area contributed by atoms with E-state index in [9.17, 15) is 4.79 Å². The highest BCUT2D eigenvalue weighted by molar-refractivity contribution is 5.84. The molecule has 0 heterocycles. The van der Waals surface area contributed by atoms with Crippen molar-refractivity contribution in [2.45, 2.75) is 19.9 Å². The summed E-state index contributed by atoms with van der Waals surface area (Å²) in [7, 11) is 0. The monoisotopic (exact) mass is 166 g/mol. The van der Waals surface area contributed by atoms with Crippen molar-refractivity contribution in [1.29, 1.82) is 0 Å². The zero-order valence-corrected chi connectivity index (χ0v) is 7.37. The lowest BCUT2D eigenvalue weighted by molar-refractivity contribution is -0.125. The van der Waals surface area contributed by atoms with E-state index < -0.39 is 5.41 Å². The lowest BCUT2D eigenvalue weighted by Crippen LogP contribution is -2.49. The van der Waals surface area contributed by atoms with Crippen molar-refractivity contribution in [2.24, 2.45) is 16.9 Å². The van der Waals surface area contributed by atoms with Gasteiger partial charge in [-0.15, -0.1) is 0 Å². The molecule has 0 aromatic heterocycles. The van der Waals surface area contributed by atoms with Crippen LogP contribution in [0.25, 0.3) is 0 Å². The van der Waals surface area contributed by atoms with Crippen molar-refractivity contribution < 1.29 is 4.79 Å². The number of carbonyl (C=O) groups excluding carboxylic acids is 1. The zero-order valence-electron chi connectivity index (χ0n) is 7.37. The third kappa shape index (κ3) is 1.16. The molecule has 1 aliphatic carbocycles. The van der Waals surface area contributed by atoms with Crippen LogP contribution in [0.1, 0.15) is 13.8 Å². The second kappa shape index (κ2) is 2.75. The minimum absolute atomic E-state index is 0.292. The van der Waals surface area contributed by atoms with Crippen LogP contribution in [0, 0.1) is 5.41 Å². The Morgan fingerprint density at radius 1 is 1.67 bits per heavy atom. The Morgan fingerprint density at radius 3 is 2.67 bits per heavy atom. The van der Waals surface area contributed by atoms with E-state index >= 15 is 0 Å². The number of nitrogens with two attached hydrogens (primary N) is 2. The van der Waals surface area contributed by atoms with Gasteiger partial charge in [-0.25, -0.2) is 0 Å². The lowest BCUT2D eigenvalue weighted by atomic mass is 9.76. The average Bonchev–Trinajstić information content (AvgIpc) is 2.00. The summed E-state index contributed by atoms with van der Waals surface area (Å²) >= 11 is 0. The van der Waals surface area contributed by atoms with Crippen LogP contribution in [0.15, 0.2) is 23.8 Å². The molecule has 0 saturated heterocycles. The molecule has 0 aliphatic heterocycles. The molecule has 1 aliphatic rings. The predicted octanol–water partition coefficient (Wildman–Crippen LogP) is 0.321. The molecular formula is C9H14N2O. The van der Waals surface area contributed by atoms with Gasteiger partial charge in [-0.2, -0.15) is 0 Å². The molecule has 12 heavy (non-hydrogen) atoms. The molecule has 0 saturated carbocycles. The van der Waals surface area contributed by atoms with E-state index in [4.69, 9.17) is 11.5 Å². The van der Waals surface area contributed by atoms with Gasteiger partial charge in [0.1, 0.15) is 0 Å². The minimum Gasteiger partial charge on any atom is -0.369 e. The Hall–Kier alpha value is -1.09. The van der Waals surface area contributed by atoms with Crippen molar-refractivity contribution in [2.75, 3.05) is 0 Å². The number of hydrogen-bond acceptors (Lipinski definition) is 2. The third-order valence-electron chi connectivity index (χ3n) is 2.47. The Kier molecular flexibility index (Phi) is 2.06. The molecular weight excluding hydrogens is 152 g/mol. The topological polar surface area (TPSA) is 69.1 Å². The summed E-state index contributed by atoms with van der Waals surface area (Å²) < 4.78 is 0. The van der Waals surface area contributed by atoms with Gasteiger partial charge in [0, 0.05) is 6.04 Å². The summed E-state index contributed by atoms with van der Waals surface area (Å²) in [6.45, 7) is 3.66. The van der Waals surface area contributed by atoms with E-state index in [2.05, 4.69) is 0 Å². The first-order valence-electron chi connectivity index (χ1n) is 3.90. The molecule has 3 nitrogen and oxygen atoms in total. The second-order valence-corrected chi connectivity index (χ2v) is 3.39. The Labute approximate surface area is 72.1 Å². The van der Waals surface area contributed by atoms with E-state index in [0.717, 1.165) is 5.57 Å². The highest BCUT2D eigenvalue weighted by Gasteiger charge is 2.37. The lowest BCUT2D eigenvalue weighted by Gasteiger charge is -2.32. The van der Waals surface area contributed by atoms with Crippen molar-refractivity contribution in [3.05, 3.63) is 23.8 Å². The van der Waals surface area contributed by atoms with Crippen molar-refractivity contribution >= 4 is 5.91 Å². The summed E-state index contributed by atoms with van der Waals surface area (Å²) in [5, 5.41) is 0. The first kappa shape index (κ1) is 9.00. The van der Waals surface area contributed by atoms with Crippen LogP contribution in [-0.2, 0) is 4.79 Å². The quantitative estimate of drug-likeness (QED) is 0.589. The Morgan fingerprint density at radius 2 is 2.25 bits per heavy atom. The van der Waals surface area contributed by atoms with Gasteiger partial charge in [-0.3, -0.25) is 4.79 Å². The van der Waals surface area contributed by atoms with Gasteiger partial charge in [0.15, 0.2) is 0 Å². The maximum absolute atomic E-state index is 11.1. The number of carbonyl (C=O) groups is 1. The predicted molar refractivity (Wildman–Crippen MR) is 48.2 cm³/mol. The molecule has 3 heteroatoms. The molecule has 66 valence electrons. The van der Waals surface area contributed by atoms with Gasteiger partial charge >= 0.3 is 0 Å². The van der Waals surface area contributed by atoms with Crippen LogP contribution in [0.2, 0.25) is 0 Å². The molecule has 4 N–H and O–H groups in total.